The van der Waals surface area contributed by atoms with Crippen LogP contribution in [0.3, 0.4) is 0 Å². The number of hydrogen-bond donors (Lipinski definition) is 1. The maximum Gasteiger partial charge on any atom is 0.339 e. The van der Waals surface area contributed by atoms with Crippen molar-refractivity contribution >= 4 is 17.0 Å². The third-order valence-corrected chi connectivity index (χ3v) is 3.14. The summed E-state index contributed by atoms with van der Waals surface area (Å²) >= 11 is 0. The monoisotopic (exact) mass is 268 g/mol. The molecule has 1 aromatic heterocycles. The van der Waals surface area contributed by atoms with E-state index in [4.69, 9.17) is 4.74 Å². The van der Waals surface area contributed by atoms with Gasteiger partial charge in [-0.2, -0.15) is 0 Å². The zero-order valence-corrected chi connectivity index (χ0v) is 10.8. The number of fused-ring (bicyclic) bond motifs is 1. The smallest absolute Gasteiger partial charge is 0.339 e. The van der Waals surface area contributed by atoms with E-state index in [1.54, 1.807) is 24.3 Å². The fourth-order valence-electron chi connectivity index (χ4n) is 2.25. The first kappa shape index (κ1) is 12.2. The molecule has 5 nitrogen and oxygen atoms in total. The Morgan fingerprint density at radius 2 is 1.80 bits per heavy atom. The molecule has 3 aromatic rings. The normalized spacial score (nSPS) is 10.7. The molecule has 0 amide bonds. The predicted molar refractivity (Wildman–Crippen MR) is 75.2 cm³/mol. The molecule has 100 valence electrons. The average Bonchev–Trinajstić information content (AvgIpc) is 2.82. The topological polar surface area (TPSA) is 64.1 Å². The second-order valence-corrected chi connectivity index (χ2v) is 4.29. The molecule has 0 saturated carbocycles. The summed E-state index contributed by atoms with van der Waals surface area (Å²) in [6, 6.07) is 14.2. The van der Waals surface area contributed by atoms with Gasteiger partial charge in [-0.1, -0.05) is 24.3 Å². The number of imidazole rings is 1. The van der Waals surface area contributed by atoms with Crippen LogP contribution in [-0.4, -0.2) is 22.6 Å². The van der Waals surface area contributed by atoms with Gasteiger partial charge in [0.1, 0.15) is 0 Å². The van der Waals surface area contributed by atoms with Gasteiger partial charge >= 0.3 is 11.7 Å². The Hall–Kier alpha value is -2.82. The lowest BCUT2D eigenvalue weighted by Crippen LogP contribution is -2.18. The standard InChI is InChI=1S/C15H12N2O3/c1-20-14(18)10-6-2-4-8-12(10)17-13-9-5-3-7-11(13)16-15(17)19/h2-9H,1H3,(H,16,19). The molecule has 2 aromatic carbocycles. The van der Waals surface area contributed by atoms with Gasteiger partial charge in [0.2, 0.25) is 0 Å². The zero-order valence-electron chi connectivity index (χ0n) is 10.8. The van der Waals surface area contributed by atoms with Crippen molar-refractivity contribution in [3.05, 3.63) is 64.6 Å². The molecule has 1 heterocycles. The predicted octanol–water partition coefficient (Wildman–Crippen LogP) is 2.11. The molecule has 0 aliphatic heterocycles. The minimum Gasteiger partial charge on any atom is -0.465 e. The number of methoxy groups -OCH3 is 1. The average molecular weight is 268 g/mol. The molecule has 0 bridgehead atoms. The molecule has 0 fully saturated rings. The molecule has 5 heteroatoms. The highest BCUT2D eigenvalue weighted by Gasteiger charge is 2.16. The zero-order chi connectivity index (χ0) is 14.1. The second-order valence-electron chi connectivity index (χ2n) is 4.29. The number of aromatic amines is 1. The van der Waals surface area contributed by atoms with Gasteiger partial charge in [0.15, 0.2) is 0 Å². The molecule has 0 radical (unpaired) electrons. The summed E-state index contributed by atoms with van der Waals surface area (Å²) in [6.45, 7) is 0. The van der Waals surface area contributed by atoms with Crippen molar-refractivity contribution in [3.8, 4) is 5.69 Å². The van der Waals surface area contributed by atoms with Gasteiger partial charge in [-0.15, -0.1) is 0 Å². The van der Waals surface area contributed by atoms with Crippen LogP contribution >= 0.6 is 0 Å². The van der Waals surface area contributed by atoms with Crippen LogP contribution in [0.25, 0.3) is 16.7 Å². The van der Waals surface area contributed by atoms with Gasteiger partial charge in [0.05, 0.1) is 29.4 Å². The summed E-state index contributed by atoms with van der Waals surface area (Å²) in [6.07, 6.45) is 0. The summed E-state index contributed by atoms with van der Waals surface area (Å²) in [7, 11) is 1.32. The molecule has 3 rings (SSSR count). The number of carbonyl (C=O) groups is 1. The van der Waals surface area contributed by atoms with Crippen molar-refractivity contribution in [1.82, 2.24) is 9.55 Å². The molecule has 0 aliphatic rings. The summed E-state index contributed by atoms with van der Waals surface area (Å²) in [5, 5.41) is 0. The van der Waals surface area contributed by atoms with Crippen LogP contribution < -0.4 is 5.69 Å². The number of benzene rings is 2. The molecule has 1 N–H and O–H groups in total. The Kier molecular flexibility index (Phi) is 2.87. The highest BCUT2D eigenvalue weighted by molar-refractivity contribution is 5.94. The Balaban J connectivity index is 2.35. The van der Waals surface area contributed by atoms with Crippen LogP contribution in [0.5, 0.6) is 0 Å². The molecule has 0 unspecified atom stereocenters. The van der Waals surface area contributed by atoms with Gasteiger partial charge in [-0.3, -0.25) is 4.57 Å². The minimum absolute atomic E-state index is 0.289. The number of rotatable bonds is 2. The van der Waals surface area contributed by atoms with Gasteiger partial charge < -0.3 is 9.72 Å². The lowest BCUT2D eigenvalue weighted by Gasteiger charge is -2.08. The van der Waals surface area contributed by atoms with Crippen molar-refractivity contribution < 1.29 is 9.53 Å². The van der Waals surface area contributed by atoms with Crippen molar-refractivity contribution in [2.45, 2.75) is 0 Å². The fourth-order valence-corrected chi connectivity index (χ4v) is 2.25. The second kappa shape index (κ2) is 4.70. The molecule has 0 aliphatic carbocycles. The summed E-state index contributed by atoms with van der Waals surface area (Å²) < 4.78 is 6.24. The molecular formula is C15H12N2O3. The fraction of sp³-hybridized carbons (Fsp3) is 0.0667. The highest BCUT2D eigenvalue weighted by Crippen LogP contribution is 2.19. The number of nitrogens with zero attached hydrogens (tertiary/aromatic N) is 1. The van der Waals surface area contributed by atoms with Crippen molar-refractivity contribution in [2.75, 3.05) is 7.11 Å². The highest BCUT2D eigenvalue weighted by atomic mass is 16.5. The maximum atomic E-state index is 12.2. The summed E-state index contributed by atoms with van der Waals surface area (Å²) in [4.78, 5) is 26.8. The number of nitrogens with one attached hydrogen (secondary N) is 1. The first-order valence-electron chi connectivity index (χ1n) is 6.10. The number of aromatic nitrogens is 2. The lowest BCUT2D eigenvalue weighted by atomic mass is 10.1. The number of para-hydroxylation sites is 3. The van der Waals surface area contributed by atoms with Crippen LogP contribution in [0.15, 0.2) is 53.3 Å². The SMILES string of the molecule is COC(=O)c1ccccc1-n1c(=O)[nH]c2ccccc21. The number of carbonyl (C=O) groups excluding carboxylic acids is 1. The van der Waals surface area contributed by atoms with Crippen molar-refractivity contribution in [1.29, 1.82) is 0 Å². The van der Waals surface area contributed by atoms with E-state index in [9.17, 15) is 9.59 Å². The van der Waals surface area contributed by atoms with Crippen LogP contribution in [-0.2, 0) is 4.74 Å². The first-order chi connectivity index (χ1) is 9.72. The van der Waals surface area contributed by atoms with Crippen molar-refractivity contribution in [3.63, 3.8) is 0 Å². The third kappa shape index (κ3) is 1.80. The van der Waals surface area contributed by atoms with Crippen LogP contribution in [0.1, 0.15) is 10.4 Å². The van der Waals surface area contributed by atoms with E-state index in [1.165, 1.54) is 11.7 Å². The van der Waals surface area contributed by atoms with E-state index < -0.39 is 5.97 Å². The molecular weight excluding hydrogens is 256 g/mol. The quantitative estimate of drug-likeness (QED) is 0.724. The van der Waals surface area contributed by atoms with Crippen LogP contribution in [0, 0.1) is 0 Å². The number of esters is 1. The van der Waals surface area contributed by atoms with E-state index in [0.29, 0.717) is 16.8 Å². The van der Waals surface area contributed by atoms with Gasteiger partial charge in [-0.25, -0.2) is 9.59 Å². The van der Waals surface area contributed by atoms with Gasteiger partial charge in [0.25, 0.3) is 0 Å². The van der Waals surface area contributed by atoms with Gasteiger partial charge in [0, 0.05) is 0 Å². The van der Waals surface area contributed by atoms with Crippen LogP contribution in [0.4, 0.5) is 0 Å². The largest absolute Gasteiger partial charge is 0.465 e. The Bertz CT molecular complexity index is 845. The van der Waals surface area contributed by atoms with Crippen LogP contribution in [0.2, 0.25) is 0 Å². The van der Waals surface area contributed by atoms with E-state index in [1.807, 2.05) is 24.3 Å². The number of hydrogen-bond acceptors (Lipinski definition) is 3. The van der Waals surface area contributed by atoms with E-state index in [2.05, 4.69) is 4.98 Å². The van der Waals surface area contributed by atoms with Gasteiger partial charge in [-0.05, 0) is 24.3 Å². The maximum absolute atomic E-state index is 12.2. The van der Waals surface area contributed by atoms with Crippen molar-refractivity contribution in [2.24, 2.45) is 0 Å². The number of ether oxygens (including phenoxy) is 1. The molecule has 20 heavy (non-hydrogen) atoms. The Labute approximate surface area is 114 Å². The first-order valence-corrected chi connectivity index (χ1v) is 6.10. The minimum atomic E-state index is -0.474. The summed E-state index contributed by atoms with van der Waals surface area (Å²) in [5.41, 5.74) is 2.00. The molecule has 0 spiro atoms. The van der Waals surface area contributed by atoms with E-state index in [-0.39, 0.29) is 5.69 Å². The number of H-pyrrole nitrogens is 1. The van der Waals surface area contributed by atoms with E-state index >= 15 is 0 Å². The lowest BCUT2D eigenvalue weighted by molar-refractivity contribution is 0.0601. The molecule has 0 atom stereocenters. The Morgan fingerprint density at radius 3 is 2.60 bits per heavy atom. The third-order valence-electron chi connectivity index (χ3n) is 3.14. The Morgan fingerprint density at radius 1 is 1.10 bits per heavy atom. The van der Waals surface area contributed by atoms with E-state index in [0.717, 1.165) is 5.52 Å². The molecule has 0 saturated heterocycles. The summed E-state index contributed by atoms with van der Waals surface area (Å²) in [5.74, 6) is -0.474.